The zero-order valence-corrected chi connectivity index (χ0v) is 12.3. The van der Waals surface area contributed by atoms with Crippen molar-refractivity contribution in [2.45, 2.75) is 38.8 Å². The maximum atomic E-state index is 9.74. The van der Waals surface area contributed by atoms with Gasteiger partial charge in [0.15, 0.2) is 0 Å². The van der Waals surface area contributed by atoms with Crippen molar-refractivity contribution in [3.05, 3.63) is 28.8 Å². The fraction of sp³-hybridized carbons (Fsp3) is 0.600. The van der Waals surface area contributed by atoms with Gasteiger partial charge in [0.1, 0.15) is 5.75 Å². The summed E-state index contributed by atoms with van der Waals surface area (Å²) in [6.07, 6.45) is 4.01. The van der Waals surface area contributed by atoms with Crippen LogP contribution in [0.4, 0.5) is 0 Å². The van der Waals surface area contributed by atoms with E-state index in [0.29, 0.717) is 23.4 Å². The van der Waals surface area contributed by atoms with Crippen molar-refractivity contribution in [1.82, 2.24) is 10.2 Å². The fourth-order valence-corrected chi connectivity index (χ4v) is 2.79. The maximum absolute atomic E-state index is 9.74. The number of halogens is 1. The molecule has 1 fully saturated rings. The molecular formula is C15H23ClN2O. The molecule has 0 radical (unpaired) electrons. The number of piperidine rings is 1. The molecule has 106 valence electrons. The lowest BCUT2D eigenvalue weighted by atomic mass is 10.1. The lowest BCUT2D eigenvalue weighted by Crippen LogP contribution is -2.42. The summed E-state index contributed by atoms with van der Waals surface area (Å²) in [5, 5.41) is 13.8. The van der Waals surface area contributed by atoms with E-state index in [4.69, 9.17) is 11.6 Å². The summed E-state index contributed by atoms with van der Waals surface area (Å²) in [6, 6.07) is 5.71. The summed E-state index contributed by atoms with van der Waals surface area (Å²) in [6.45, 7) is 6.28. The van der Waals surface area contributed by atoms with Gasteiger partial charge in [-0.2, -0.15) is 0 Å². The molecule has 0 spiro atoms. The molecule has 3 nitrogen and oxygen atoms in total. The Labute approximate surface area is 120 Å². The van der Waals surface area contributed by atoms with Crippen molar-refractivity contribution in [1.29, 1.82) is 0 Å². The van der Waals surface area contributed by atoms with Gasteiger partial charge in [-0.05, 0) is 51.1 Å². The molecule has 1 aromatic carbocycles. The van der Waals surface area contributed by atoms with Crippen LogP contribution in [0.15, 0.2) is 18.2 Å². The SMILES string of the molecule is CC(CNCc1cc(Cl)ccc1O)N1CCCCC1. The second-order valence-electron chi connectivity index (χ2n) is 5.35. The average molecular weight is 283 g/mol. The number of benzene rings is 1. The Hall–Kier alpha value is -0.770. The lowest BCUT2D eigenvalue weighted by Gasteiger charge is -2.32. The predicted octanol–water partition coefficient (Wildman–Crippen LogP) is 3.01. The van der Waals surface area contributed by atoms with Crippen LogP contribution in [0, 0.1) is 0 Å². The van der Waals surface area contributed by atoms with Gasteiger partial charge in [-0.25, -0.2) is 0 Å². The van der Waals surface area contributed by atoms with E-state index in [1.807, 2.05) is 6.07 Å². The summed E-state index contributed by atoms with van der Waals surface area (Å²) in [4.78, 5) is 2.54. The van der Waals surface area contributed by atoms with E-state index >= 15 is 0 Å². The summed E-state index contributed by atoms with van der Waals surface area (Å²) < 4.78 is 0. The predicted molar refractivity (Wildman–Crippen MR) is 79.7 cm³/mol. The second-order valence-corrected chi connectivity index (χ2v) is 5.79. The van der Waals surface area contributed by atoms with Crippen molar-refractivity contribution in [3.63, 3.8) is 0 Å². The Morgan fingerprint density at radius 1 is 1.32 bits per heavy atom. The van der Waals surface area contributed by atoms with Crippen molar-refractivity contribution in [3.8, 4) is 5.75 Å². The van der Waals surface area contributed by atoms with Gasteiger partial charge in [0, 0.05) is 29.7 Å². The molecule has 1 heterocycles. The minimum Gasteiger partial charge on any atom is -0.508 e. The third kappa shape index (κ3) is 4.37. The molecule has 1 atom stereocenters. The van der Waals surface area contributed by atoms with Gasteiger partial charge in [0.2, 0.25) is 0 Å². The first-order chi connectivity index (χ1) is 9.16. The Balaban J connectivity index is 1.77. The molecule has 1 aliphatic heterocycles. The van der Waals surface area contributed by atoms with Crippen LogP contribution in [-0.2, 0) is 6.54 Å². The van der Waals surface area contributed by atoms with E-state index in [-0.39, 0.29) is 0 Å². The van der Waals surface area contributed by atoms with E-state index in [1.165, 1.54) is 32.4 Å². The van der Waals surface area contributed by atoms with Crippen LogP contribution in [0.2, 0.25) is 5.02 Å². The molecular weight excluding hydrogens is 260 g/mol. The quantitative estimate of drug-likeness (QED) is 0.871. The van der Waals surface area contributed by atoms with Crippen LogP contribution in [0.5, 0.6) is 5.75 Å². The molecule has 1 aromatic rings. The van der Waals surface area contributed by atoms with E-state index in [9.17, 15) is 5.11 Å². The van der Waals surface area contributed by atoms with Crippen LogP contribution in [0.3, 0.4) is 0 Å². The van der Waals surface area contributed by atoms with Gasteiger partial charge < -0.3 is 10.4 Å². The first-order valence-electron chi connectivity index (χ1n) is 7.09. The molecule has 4 heteroatoms. The van der Waals surface area contributed by atoms with Gasteiger partial charge in [-0.1, -0.05) is 18.0 Å². The van der Waals surface area contributed by atoms with E-state index in [0.717, 1.165) is 12.1 Å². The smallest absolute Gasteiger partial charge is 0.120 e. The summed E-state index contributed by atoms with van der Waals surface area (Å²) in [7, 11) is 0. The van der Waals surface area contributed by atoms with Crippen LogP contribution >= 0.6 is 11.6 Å². The van der Waals surface area contributed by atoms with Crippen molar-refractivity contribution >= 4 is 11.6 Å². The number of nitrogens with one attached hydrogen (secondary N) is 1. The maximum Gasteiger partial charge on any atom is 0.120 e. The zero-order chi connectivity index (χ0) is 13.7. The standard InChI is InChI=1S/C15H23ClN2O/c1-12(18-7-3-2-4-8-18)10-17-11-13-9-14(16)5-6-15(13)19/h5-6,9,12,17,19H,2-4,7-8,10-11H2,1H3. The highest BCUT2D eigenvalue weighted by atomic mass is 35.5. The Bertz CT molecular complexity index is 405. The summed E-state index contributed by atoms with van der Waals surface area (Å²) >= 11 is 5.93. The number of nitrogens with zero attached hydrogens (tertiary/aromatic N) is 1. The first-order valence-corrected chi connectivity index (χ1v) is 7.47. The van der Waals surface area contributed by atoms with Gasteiger partial charge in [-0.3, -0.25) is 4.90 Å². The van der Waals surface area contributed by atoms with Gasteiger partial charge in [-0.15, -0.1) is 0 Å². The molecule has 1 aliphatic rings. The molecule has 2 N–H and O–H groups in total. The monoisotopic (exact) mass is 282 g/mol. The molecule has 0 aliphatic carbocycles. The minimum atomic E-state index is 0.308. The van der Waals surface area contributed by atoms with E-state index in [2.05, 4.69) is 17.1 Å². The first kappa shape index (κ1) is 14.6. The molecule has 0 amide bonds. The molecule has 1 unspecified atom stereocenters. The Morgan fingerprint density at radius 3 is 2.79 bits per heavy atom. The van der Waals surface area contributed by atoms with E-state index in [1.54, 1.807) is 12.1 Å². The summed E-state index contributed by atoms with van der Waals surface area (Å²) in [5.41, 5.74) is 0.860. The second kappa shape index (κ2) is 7.13. The van der Waals surface area contributed by atoms with Gasteiger partial charge in [0.25, 0.3) is 0 Å². The topological polar surface area (TPSA) is 35.5 Å². The number of rotatable bonds is 5. The average Bonchev–Trinajstić information content (AvgIpc) is 2.43. The molecule has 2 rings (SSSR count). The lowest BCUT2D eigenvalue weighted by molar-refractivity contribution is 0.170. The fourth-order valence-electron chi connectivity index (χ4n) is 2.60. The minimum absolute atomic E-state index is 0.308. The highest BCUT2D eigenvalue weighted by Gasteiger charge is 2.16. The number of aromatic hydroxyl groups is 1. The van der Waals surface area contributed by atoms with Crippen LogP contribution in [-0.4, -0.2) is 35.7 Å². The highest BCUT2D eigenvalue weighted by molar-refractivity contribution is 6.30. The highest BCUT2D eigenvalue weighted by Crippen LogP contribution is 2.21. The number of phenols is 1. The normalized spacial score (nSPS) is 18.4. The van der Waals surface area contributed by atoms with Crippen molar-refractivity contribution < 1.29 is 5.11 Å². The number of hydrogen-bond donors (Lipinski definition) is 2. The van der Waals surface area contributed by atoms with Crippen LogP contribution in [0.25, 0.3) is 0 Å². The number of phenolic OH excluding ortho intramolecular Hbond substituents is 1. The Kier molecular flexibility index (Phi) is 5.49. The van der Waals surface area contributed by atoms with Gasteiger partial charge >= 0.3 is 0 Å². The molecule has 0 bridgehead atoms. The van der Waals surface area contributed by atoms with Crippen LogP contribution in [0.1, 0.15) is 31.7 Å². The van der Waals surface area contributed by atoms with E-state index < -0.39 is 0 Å². The summed E-state index contributed by atoms with van der Waals surface area (Å²) in [5.74, 6) is 0.308. The molecule has 1 saturated heterocycles. The van der Waals surface area contributed by atoms with Gasteiger partial charge in [0.05, 0.1) is 0 Å². The third-order valence-corrected chi connectivity index (χ3v) is 4.05. The Morgan fingerprint density at radius 2 is 2.05 bits per heavy atom. The largest absolute Gasteiger partial charge is 0.508 e. The van der Waals surface area contributed by atoms with Crippen LogP contribution < -0.4 is 5.32 Å². The molecule has 0 aromatic heterocycles. The molecule has 19 heavy (non-hydrogen) atoms. The number of likely N-dealkylation sites (tertiary alicyclic amines) is 1. The van der Waals surface area contributed by atoms with Crippen molar-refractivity contribution in [2.75, 3.05) is 19.6 Å². The van der Waals surface area contributed by atoms with Crippen molar-refractivity contribution in [2.24, 2.45) is 0 Å². The zero-order valence-electron chi connectivity index (χ0n) is 11.5. The third-order valence-electron chi connectivity index (χ3n) is 3.81. The number of hydrogen-bond acceptors (Lipinski definition) is 3. The molecule has 0 saturated carbocycles.